The molecule has 1 saturated carbocycles. The topological polar surface area (TPSA) is 101 Å². The van der Waals surface area contributed by atoms with Gasteiger partial charge in [-0.25, -0.2) is 18.1 Å². The molecular weight excluding hydrogens is 486 g/mol. The lowest BCUT2D eigenvalue weighted by Gasteiger charge is -2.42. The van der Waals surface area contributed by atoms with Crippen LogP contribution in [0.1, 0.15) is 55.7 Å². The Bertz CT molecular complexity index is 1380. The number of hydrogen-bond donors (Lipinski definition) is 2. The number of nitrogens with one attached hydrogen (secondary N) is 1. The van der Waals surface area contributed by atoms with E-state index in [1.807, 2.05) is 38.1 Å². The van der Waals surface area contributed by atoms with Crippen LogP contribution >= 0.6 is 0 Å². The fraction of sp³-hybridized carbons (Fsp3) is 0.448. The third-order valence-corrected chi connectivity index (χ3v) is 8.93. The monoisotopic (exact) mass is 521 g/mol. The number of rotatable bonds is 4. The second kappa shape index (κ2) is 10.1. The van der Waals surface area contributed by atoms with Crippen molar-refractivity contribution in [2.75, 3.05) is 11.3 Å². The Kier molecular flexibility index (Phi) is 6.98. The van der Waals surface area contributed by atoms with Crippen LogP contribution in [0.5, 0.6) is 5.88 Å². The molecule has 3 aromatic rings. The average Bonchev–Trinajstić information content (AvgIpc) is 2.80. The van der Waals surface area contributed by atoms with Gasteiger partial charge >= 0.3 is 0 Å². The molecular formula is C29H35N3O4S. The molecule has 2 atom stereocenters. The summed E-state index contributed by atoms with van der Waals surface area (Å²) in [5.41, 5.74) is 4.59. The minimum atomic E-state index is -3.94. The fourth-order valence-corrected chi connectivity index (χ4v) is 6.93. The van der Waals surface area contributed by atoms with E-state index in [1.165, 1.54) is 0 Å². The highest BCUT2D eigenvalue weighted by atomic mass is 32.2. The molecule has 0 amide bonds. The number of aliphatic hydroxyl groups is 1. The fourth-order valence-electron chi connectivity index (χ4n) is 5.93. The van der Waals surface area contributed by atoms with Crippen LogP contribution in [0.4, 0.5) is 5.95 Å². The number of benzene rings is 2. The lowest BCUT2D eigenvalue weighted by molar-refractivity contribution is 0.0112. The van der Waals surface area contributed by atoms with Gasteiger partial charge in [0.1, 0.15) is 0 Å². The molecule has 1 aliphatic carbocycles. The summed E-state index contributed by atoms with van der Waals surface area (Å²) >= 11 is 0. The maximum atomic E-state index is 13.5. The van der Waals surface area contributed by atoms with Crippen molar-refractivity contribution in [2.45, 2.75) is 63.9 Å². The molecule has 2 N–H and O–H groups in total. The highest BCUT2D eigenvalue weighted by molar-refractivity contribution is 7.92. The van der Waals surface area contributed by atoms with Gasteiger partial charge in [-0.1, -0.05) is 44.2 Å². The van der Waals surface area contributed by atoms with E-state index in [0.29, 0.717) is 36.9 Å². The van der Waals surface area contributed by atoms with E-state index in [1.54, 1.807) is 24.3 Å². The quantitative estimate of drug-likeness (QED) is 0.472. The molecule has 5 rings (SSSR count). The first kappa shape index (κ1) is 25.7. The molecule has 196 valence electrons. The van der Waals surface area contributed by atoms with Gasteiger partial charge in [-0.2, -0.15) is 4.98 Å². The van der Waals surface area contributed by atoms with E-state index in [2.05, 4.69) is 28.5 Å². The molecule has 1 fully saturated rings. The Morgan fingerprint density at radius 1 is 1.05 bits per heavy atom. The Morgan fingerprint density at radius 3 is 2.43 bits per heavy atom. The molecule has 37 heavy (non-hydrogen) atoms. The van der Waals surface area contributed by atoms with Crippen molar-refractivity contribution in [3.05, 3.63) is 65.2 Å². The third-order valence-electron chi connectivity index (χ3n) is 7.60. The first-order valence-corrected chi connectivity index (χ1v) is 14.5. The zero-order chi connectivity index (χ0) is 26.3. The van der Waals surface area contributed by atoms with Crippen molar-refractivity contribution in [1.29, 1.82) is 0 Å². The van der Waals surface area contributed by atoms with Gasteiger partial charge in [-0.05, 0) is 79.7 Å². The van der Waals surface area contributed by atoms with Crippen molar-refractivity contribution in [3.63, 3.8) is 0 Å². The molecule has 1 unspecified atom stereocenters. The van der Waals surface area contributed by atoms with Gasteiger partial charge in [0.15, 0.2) is 0 Å². The molecule has 0 radical (unpaired) electrons. The van der Waals surface area contributed by atoms with Gasteiger partial charge in [0.25, 0.3) is 10.0 Å². The number of fused-ring (bicyclic) bond motifs is 4. The van der Waals surface area contributed by atoms with Gasteiger partial charge in [-0.3, -0.25) is 0 Å². The predicted octanol–water partition coefficient (Wildman–Crippen LogP) is 5.47. The zero-order valence-electron chi connectivity index (χ0n) is 21.8. The molecule has 1 aliphatic heterocycles. The lowest BCUT2D eigenvalue weighted by atomic mass is 9.65. The summed E-state index contributed by atoms with van der Waals surface area (Å²) in [6.45, 7) is 8.84. The lowest BCUT2D eigenvalue weighted by Crippen LogP contribution is -2.38. The summed E-state index contributed by atoms with van der Waals surface area (Å²) in [4.78, 5) is 9.23. The van der Waals surface area contributed by atoms with E-state index in [-0.39, 0.29) is 34.7 Å². The van der Waals surface area contributed by atoms with E-state index in [0.717, 1.165) is 28.7 Å². The minimum Gasteiger partial charge on any atom is -0.477 e. The highest BCUT2D eigenvalue weighted by Gasteiger charge is 2.40. The number of nitrogens with zero attached hydrogens (tertiary/aromatic N) is 2. The first-order chi connectivity index (χ1) is 17.6. The van der Waals surface area contributed by atoms with Crippen LogP contribution in [0.3, 0.4) is 0 Å². The zero-order valence-corrected chi connectivity index (χ0v) is 22.6. The van der Waals surface area contributed by atoms with Crippen LogP contribution in [0, 0.1) is 31.6 Å². The minimum absolute atomic E-state index is 0.0137. The van der Waals surface area contributed by atoms with E-state index >= 15 is 0 Å². The van der Waals surface area contributed by atoms with Crippen molar-refractivity contribution < 1.29 is 18.3 Å². The maximum absolute atomic E-state index is 13.5. The number of aryl methyl sites for hydroxylation is 2. The molecule has 4 bridgehead atoms. The summed E-state index contributed by atoms with van der Waals surface area (Å²) in [6, 6.07) is 15.0. The van der Waals surface area contributed by atoms with E-state index in [9.17, 15) is 13.5 Å². The summed E-state index contributed by atoms with van der Waals surface area (Å²) in [5.74, 6) is 1.22. The molecule has 2 aliphatic rings. The number of sulfonamides is 1. The van der Waals surface area contributed by atoms with Gasteiger partial charge < -0.3 is 9.84 Å². The molecule has 8 heteroatoms. The van der Waals surface area contributed by atoms with Crippen LogP contribution in [0.25, 0.3) is 11.3 Å². The van der Waals surface area contributed by atoms with Crippen molar-refractivity contribution in [3.8, 4) is 17.1 Å². The standard InChI is InChI=1S/C29H35N3O4S/c1-17(2)11-22-16-36-26-15-25(27-18(3)7-5-8-19(27)4)30-29(31-26)32-37(34,35)24-10-6-9-20(14-24)28(22)21-12-23(33)13-21/h5-10,14-15,17,21-23,28,33H,11-13,16H2,1-4H3,(H,30,31,32)/t21?,22-,23?,28?/m1/s1. The smallest absolute Gasteiger partial charge is 0.264 e. The Morgan fingerprint density at radius 2 is 1.76 bits per heavy atom. The van der Waals surface area contributed by atoms with Crippen LogP contribution in [0.2, 0.25) is 0 Å². The largest absolute Gasteiger partial charge is 0.477 e. The molecule has 0 saturated heterocycles. The summed E-state index contributed by atoms with van der Waals surface area (Å²) in [6.07, 6.45) is 2.03. The Labute approximate surface area is 219 Å². The molecule has 2 heterocycles. The van der Waals surface area contributed by atoms with Gasteiger partial charge in [0, 0.05) is 17.5 Å². The van der Waals surface area contributed by atoms with Crippen molar-refractivity contribution in [2.24, 2.45) is 17.8 Å². The van der Waals surface area contributed by atoms with E-state index < -0.39 is 10.0 Å². The third kappa shape index (κ3) is 5.36. The number of anilines is 1. The van der Waals surface area contributed by atoms with Gasteiger partial charge in [0.05, 0.1) is 23.3 Å². The maximum Gasteiger partial charge on any atom is 0.264 e. The van der Waals surface area contributed by atoms with Crippen molar-refractivity contribution in [1.82, 2.24) is 9.97 Å². The predicted molar refractivity (Wildman–Crippen MR) is 144 cm³/mol. The summed E-state index contributed by atoms with van der Waals surface area (Å²) in [7, 11) is -3.94. The van der Waals surface area contributed by atoms with Crippen LogP contribution < -0.4 is 9.46 Å². The summed E-state index contributed by atoms with van der Waals surface area (Å²) < 4.78 is 35.9. The Balaban J connectivity index is 1.65. The molecule has 1 aromatic heterocycles. The normalized spacial score (nSPS) is 24.7. The SMILES string of the molecule is Cc1cccc(C)c1-c1cc2nc(n1)NS(=O)(=O)c1cccc(c1)C(C1CC(O)C1)[C@H](CC(C)C)CO2. The van der Waals surface area contributed by atoms with E-state index in [4.69, 9.17) is 4.74 Å². The average molecular weight is 522 g/mol. The van der Waals surface area contributed by atoms with Gasteiger partial charge in [-0.15, -0.1) is 0 Å². The van der Waals surface area contributed by atoms with Crippen LogP contribution in [-0.2, 0) is 10.0 Å². The van der Waals surface area contributed by atoms with Crippen LogP contribution in [0.15, 0.2) is 53.4 Å². The molecule has 2 aromatic carbocycles. The Hall–Kier alpha value is -2.97. The van der Waals surface area contributed by atoms with Crippen LogP contribution in [-0.4, -0.2) is 36.2 Å². The second-order valence-corrected chi connectivity index (χ2v) is 12.7. The first-order valence-electron chi connectivity index (χ1n) is 13.0. The number of aliphatic hydroxyl groups excluding tert-OH is 1. The number of hydrogen-bond acceptors (Lipinski definition) is 6. The van der Waals surface area contributed by atoms with Crippen molar-refractivity contribution >= 4 is 16.0 Å². The summed E-state index contributed by atoms with van der Waals surface area (Å²) in [5, 5.41) is 10.1. The number of aromatic nitrogens is 2. The molecule has 7 nitrogen and oxygen atoms in total. The number of ether oxygens (including phenoxy) is 1. The highest BCUT2D eigenvalue weighted by Crippen LogP contribution is 2.46. The van der Waals surface area contributed by atoms with Gasteiger partial charge in [0.2, 0.25) is 11.8 Å². The molecule has 0 spiro atoms. The second-order valence-electron chi connectivity index (χ2n) is 11.0.